The summed E-state index contributed by atoms with van der Waals surface area (Å²) in [7, 11) is 0. The van der Waals surface area contributed by atoms with Gasteiger partial charge in [0, 0.05) is 25.5 Å². The van der Waals surface area contributed by atoms with E-state index in [0.29, 0.717) is 11.4 Å². The van der Waals surface area contributed by atoms with Crippen LogP contribution in [-0.2, 0) is 6.54 Å². The molecule has 0 fully saturated rings. The average Bonchev–Trinajstić information content (AvgIpc) is 3.16. The third-order valence-electron chi connectivity index (χ3n) is 2.81. The first-order valence-corrected chi connectivity index (χ1v) is 7.55. The van der Waals surface area contributed by atoms with Crippen LogP contribution >= 0.6 is 11.3 Å². The minimum Gasteiger partial charge on any atom is -0.384 e. The molecule has 0 aliphatic rings. The number of nitrogens with one attached hydrogen (secondary N) is 1. The summed E-state index contributed by atoms with van der Waals surface area (Å²) >= 11 is 1.33. The van der Waals surface area contributed by atoms with Gasteiger partial charge in [-0.25, -0.2) is 4.98 Å². The van der Waals surface area contributed by atoms with Crippen LogP contribution in [0.2, 0.25) is 0 Å². The SMILES string of the molecule is O=C(NCCCCn1ccnc1)c1ccc(C#CCO)s1. The zero-order valence-corrected chi connectivity index (χ0v) is 12.4. The maximum Gasteiger partial charge on any atom is 0.261 e. The summed E-state index contributed by atoms with van der Waals surface area (Å²) in [6.45, 7) is 1.40. The predicted octanol–water partition coefficient (Wildman–Crippen LogP) is 1.50. The molecule has 0 unspecified atom stereocenters. The van der Waals surface area contributed by atoms with E-state index in [4.69, 9.17) is 5.11 Å². The van der Waals surface area contributed by atoms with E-state index in [-0.39, 0.29) is 12.5 Å². The van der Waals surface area contributed by atoms with E-state index in [1.807, 2.05) is 10.8 Å². The van der Waals surface area contributed by atoms with Crippen molar-refractivity contribution in [2.45, 2.75) is 19.4 Å². The van der Waals surface area contributed by atoms with E-state index in [0.717, 1.165) is 24.3 Å². The summed E-state index contributed by atoms with van der Waals surface area (Å²) in [5.74, 6) is 5.29. The number of aliphatic hydroxyl groups is 1. The molecule has 5 nitrogen and oxygen atoms in total. The van der Waals surface area contributed by atoms with E-state index in [9.17, 15) is 4.79 Å². The molecule has 1 amide bonds. The lowest BCUT2D eigenvalue weighted by Gasteiger charge is -2.04. The maximum absolute atomic E-state index is 11.9. The van der Waals surface area contributed by atoms with Gasteiger partial charge in [0.15, 0.2) is 0 Å². The first-order valence-electron chi connectivity index (χ1n) is 6.73. The topological polar surface area (TPSA) is 67.2 Å². The largest absolute Gasteiger partial charge is 0.384 e. The molecule has 0 atom stereocenters. The number of aryl methyl sites for hydroxylation is 1. The van der Waals surface area contributed by atoms with Crippen LogP contribution in [0.3, 0.4) is 0 Å². The number of hydrogen-bond acceptors (Lipinski definition) is 4. The fourth-order valence-corrected chi connectivity index (χ4v) is 2.58. The Morgan fingerprint density at radius 1 is 1.43 bits per heavy atom. The van der Waals surface area contributed by atoms with Gasteiger partial charge in [-0.1, -0.05) is 11.8 Å². The molecule has 2 aromatic heterocycles. The van der Waals surface area contributed by atoms with Crippen LogP contribution in [0.1, 0.15) is 27.4 Å². The van der Waals surface area contributed by atoms with Crippen LogP contribution in [-0.4, -0.2) is 33.7 Å². The van der Waals surface area contributed by atoms with Crippen molar-refractivity contribution in [3.8, 4) is 11.8 Å². The summed E-state index contributed by atoms with van der Waals surface area (Å²) in [5.41, 5.74) is 0. The third-order valence-corrected chi connectivity index (χ3v) is 3.81. The standard InChI is InChI=1S/C15H17N3O2S/c19-11-3-4-13-5-6-14(21-13)15(20)17-7-1-2-9-18-10-8-16-12-18/h5-6,8,10,12,19H,1-2,7,9,11H2,(H,17,20). The van der Waals surface area contributed by atoms with E-state index >= 15 is 0 Å². The van der Waals surface area contributed by atoms with Crippen molar-refractivity contribution in [1.82, 2.24) is 14.9 Å². The van der Waals surface area contributed by atoms with Crippen molar-refractivity contribution < 1.29 is 9.90 Å². The van der Waals surface area contributed by atoms with Gasteiger partial charge in [0.25, 0.3) is 5.91 Å². The van der Waals surface area contributed by atoms with Crippen LogP contribution < -0.4 is 5.32 Å². The van der Waals surface area contributed by atoms with Gasteiger partial charge in [-0.05, 0) is 25.0 Å². The smallest absolute Gasteiger partial charge is 0.261 e. The molecule has 0 aliphatic carbocycles. The number of aliphatic hydroxyl groups excluding tert-OH is 1. The molecule has 2 rings (SSSR count). The Bertz CT molecular complexity index is 623. The first-order chi connectivity index (χ1) is 10.3. The minimum absolute atomic E-state index is 0.0697. The lowest BCUT2D eigenvalue weighted by atomic mass is 10.3. The van der Waals surface area contributed by atoms with Gasteiger partial charge in [-0.15, -0.1) is 11.3 Å². The molecule has 21 heavy (non-hydrogen) atoms. The van der Waals surface area contributed by atoms with Gasteiger partial charge in [0.05, 0.1) is 16.1 Å². The van der Waals surface area contributed by atoms with Crippen molar-refractivity contribution in [2.24, 2.45) is 0 Å². The number of amides is 1. The molecule has 0 bridgehead atoms. The highest BCUT2D eigenvalue weighted by molar-refractivity contribution is 7.14. The van der Waals surface area contributed by atoms with Crippen molar-refractivity contribution in [3.63, 3.8) is 0 Å². The van der Waals surface area contributed by atoms with E-state index in [1.165, 1.54) is 11.3 Å². The summed E-state index contributed by atoms with van der Waals surface area (Å²) in [4.78, 5) is 17.3. The fraction of sp³-hybridized carbons (Fsp3) is 0.333. The lowest BCUT2D eigenvalue weighted by Crippen LogP contribution is -2.23. The molecular weight excluding hydrogens is 286 g/mol. The number of rotatable bonds is 6. The molecule has 2 aromatic rings. The van der Waals surface area contributed by atoms with E-state index < -0.39 is 0 Å². The summed E-state index contributed by atoms with van der Waals surface area (Å²) in [6, 6.07) is 3.55. The number of nitrogens with zero attached hydrogens (tertiary/aromatic N) is 2. The molecule has 0 aliphatic heterocycles. The fourth-order valence-electron chi connectivity index (χ4n) is 1.78. The number of carbonyl (C=O) groups excluding carboxylic acids is 1. The van der Waals surface area contributed by atoms with Crippen LogP contribution in [0.15, 0.2) is 30.9 Å². The highest BCUT2D eigenvalue weighted by Crippen LogP contribution is 2.15. The molecule has 110 valence electrons. The lowest BCUT2D eigenvalue weighted by molar-refractivity contribution is 0.0957. The molecule has 0 saturated carbocycles. The van der Waals surface area contributed by atoms with E-state index in [2.05, 4.69) is 22.1 Å². The highest BCUT2D eigenvalue weighted by atomic mass is 32.1. The normalized spacial score (nSPS) is 9.95. The number of carbonyl (C=O) groups is 1. The molecule has 2 N–H and O–H groups in total. The van der Waals surface area contributed by atoms with Crippen molar-refractivity contribution >= 4 is 17.2 Å². The monoisotopic (exact) mass is 303 g/mol. The van der Waals surface area contributed by atoms with Gasteiger partial charge < -0.3 is 15.0 Å². The second-order valence-corrected chi connectivity index (χ2v) is 5.47. The molecule has 6 heteroatoms. The maximum atomic E-state index is 11.9. The van der Waals surface area contributed by atoms with Crippen LogP contribution in [0.25, 0.3) is 0 Å². The van der Waals surface area contributed by atoms with Crippen LogP contribution in [0.5, 0.6) is 0 Å². The van der Waals surface area contributed by atoms with Crippen molar-refractivity contribution in [1.29, 1.82) is 0 Å². The Labute approximate surface area is 127 Å². The highest BCUT2D eigenvalue weighted by Gasteiger charge is 2.07. The predicted molar refractivity (Wildman–Crippen MR) is 82.1 cm³/mol. The molecule has 0 radical (unpaired) electrons. The first kappa shape index (κ1) is 15.3. The quantitative estimate of drug-likeness (QED) is 0.628. The van der Waals surface area contributed by atoms with E-state index in [1.54, 1.807) is 24.7 Å². The van der Waals surface area contributed by atoms with Crippen LogP contribution in [0, 0.1) is 11.8 Å². The molecule has 0 saturated heterocycles. The van der Waals surface area contributed by atoms with Gasteiger partial charge in [0.1, 0.15) is 6.61 Å². The second-order valence-electron chi connectivity index (χ2n) is 4.39. The molecule has 2 heterocycles. The molecule has 0 aromatic carbocycles. The number of thiophene rings is 1. The van der Waals surface area contributed by atoms with Gasteiger partial charge >= 0.3 is 0 Å². The number of hydrogen-bond donors (Lipinski definition) is 2. The Morgan fingerprint density at radius 3 is 3.10 bits per heavy atom. The van der Waals surface area contributed by atoms with Crippen molar-refractivity contribution in [2.75, 3.05) is 13.2 Å². The van der Waals surface area contributed by atoms with Crippen molar-refractivity contribution in [3.05, 3.63) is 40.6 Å². The summed E-state index contributed by atoms with van der Waals surface area (Å²) in [5, 5.41) is 11.5. The van der Waals surface area contributed by atoms with Gasteiger partial charge in [-0.2, -0.15) is 0 Å². The Hall–Kier alpha value is -2.10. The van der Waals surface area contributed by atoms with Crippen LogP contribution in [0.4, 0.5) is 0 Å². The zero-order chi connectivity index (χ0) is 14.9. The second kappa shape index (κ2) is 8.25. The third kappa shape index (κ3) is 5.06. The van der Waals surface area contributed by atoms with Gasteiger partial charge in [-0.3, -0.25) is 4.79 Å². The Kier molecular flexibility index (Phi) is 6.00. The Balaban J connectivity index is 1.68. The molecule has 0 spiro atoms. The van der Waals surface area contributed by atoms with Gasteiger partial charge in [0.2, 0.25) is 0 Å². The molecular formula is C15H17N3O2S. The Morgan fingerprint density at radius 2 is 2.33 bits per heavy atom. The summed E-state index contributed by atoms with van der Waals surface area (Å²) in [6.07, 6.45) is 7.40. The number of unbranched alkanes of at least 4 members (excludes halogenated alkanes) is 1. The minimum atomic E-state index is -0.170. The average molecular weight is 303 g/mol. The number of aromatic nitrogens is 2. The number of imidazole rings is 1. The summed E-state index contributed by atoms with van der Waals surface area (Å²) < 4.78 is 2.02. The zero-order valence-electron chi connectivity index (χ0n) is 11.6.